The molecule has 0 bridgehead atoms. The second-order valence-corrected chi connectivity index (χ2v) is 4.68. The van der Waals surface area contributed by atoms with Gasteiger partial charge in [-0.1, -0.05) is 43.9 Å². The highest BCUT2D eigenvalue weighted by molar-refractivity contribution is 6.32. The van der Waals surface area contributed by atoms with Crippen LogP contribution in [0.15, 0.2) is 18.2 Å². The van der Waals surface area contributed by atoms with Crippen LogP contribution >= 0.6 is 11.6 Å². The molecule has 96 valence electrons. The van der Waals surface area contributed by atoms with Crippen molar-refractivity contribution in [2.75, 3.05) is 6.61 Å². The van der Waals surface area contributed by atoms with Gasteiger partial charge in [-0.15, -0.1) is 0 Å². The van der Waals surface area contributed by atoms with Gasteiger partial charge in [-0.3, -0.25) is 0 Å². The van der Waals surface area contributed by atoms with Gasteiger partial charge in [0.25, 0.3) is 0 Å². The van der Waals surface area contributed by atoms with Crippen molar-refractivity contribution in [3.8, 4) is 5.75 Å². The Balaban J connectivity index is 2.43. The number of halogens is 1. The highest BCUT2D eigenvalue weighted by atomic mass is 35.5. The number of unbranched alkanes of at least 4 members (excludes halogenated alkanes) is 3. The van der Waals surface area contributed by atoms with Gasteiger partial charge in [0.1, 0.15) is 5.75 Å². The van der Waals surface area contributed by atoms with E-state index in [1.165, 1.54) is 19.3 Å². The third kappa shape index (κ3) is 4.97. The fourth-order valence-corrected chi connectivity index (χ4v) is 1.85. The third-order valence-electron chi connectivity index (χ3n) is 2.69. The van der Waals surface area contributed by atoms with Crippen LogP contribution in [0.3, 0.4) is 0 Å². The summed E-state index contributed by atoms with van der Waals surface area (Å²) in [7, 11) is 0. The van der Waals surface area contributed by atoms with Gasteiger partial charge in [-0.2, -0.15) is 0 Å². The molecular weight excluding hydrogens is 236 g/mol. The van der Waals surface area contributed by atoms with E-state index in [1.807, 2.05) is 12.1 Å². The normalized spacial score (nSPS) is 12.5. The van der Waals surface area contributed by atoms with Crippen molar-refractivity contribution in [3.63, 3.8) is 0 Å². The van der Waals surface area contributed by atoms with E-state index in [4.69, 9.17) is 16.3 Å². The average molecular weight is 257 g/mol. The van der Waals surface area contributed by atoms with Crippen molar-refractivity contribution in [3.05, 3.63) is 28.8 Å². The summed E-state index contributed by atoms with van der Waals surface area (Å²) in [4.78, 5) is 0. The molecule has 2 nitrogen and oxygen atoms in total. The molecule has 0 fully saturated rings. The van der Waals surface area contributed by atoms with E-state index in [0.29, 0.717) is 17.4 Å². The van der Waals surface area contributed by atoms with E-state index in [1.54, 1.807) is 13.0 Å². The van der Waals surface area contributed by atoms with Gasteiger partial charge in [0.2, 0.25) is 0 Å². The number of aliphatic hydroxyl groups is 1. The molecule has 0 heterocycles. The fraction of sp³-hybridized carbons (Fsp3) is 0.571. The lowest BCUT2D eigenvalue weighted by Gasteiger charge is -2.10. The first-order valence-corrected chi connectivity index (χ1v) is 6.63. The van der Waals surface area contributed by atoms with Crippen molar-refractivity contribution >= 4 is 11.6 Å². The number of aliphatic hydroxyl groups excluding tert-OH is 1. The molecule has 1 rings (SSSR count). The molecule has 0 aromatic heterocycles. The molecule has 0 spiro atoms. The van der Waals surface area contributed by atoms with Gasteiger partial charge in [0, 0.05) is 0 Å². The number of benzene rings is 1. The maximum absolute atomic E-state index is 9.41. The van der Waals surface area contributed by atoms with E-state index in [9.17, 15) is 5.11 Å². The topological polar surface area (TPSA) is 29.5 Å². The summed E-state index contributed by atoms with van der Waals surface area (Å²) < 4.78 is 5.60. The lowest BCUT2D eigenvalue weighted by molar-refractivity contribution is 0.199. The highest BCUT2D eigenvalue weighted by Gasteiger charge is 2.06. The highest BCUT2D eigenvalue weighted by Crippen LogP contribution is 2.28. The summed E-state index contributed by atoms with van der Waals surface area (Å²) in [5, 5.41) is 9.98. The minimum atomic E-state index is -0.494. The summed E-state index contributed by atoms with van der Waals surface area (Å²) in [6, 6.07) is 5.43. The predicted octanol–water partition coefficient (Wildman–Crippen LogP) is 4.35. The lowest BCUT2D eigenvalue weighted by Crippen LogP contribution is -1.99. The van der Waals surface area contributed by atoms with Gasteiger partial charge in [0.15, 0.2) is 0 Å². The van der Waals surface area contributed by atoms with Crippen molar-refractivity contribution in [1.82, 2.24) is 0 Å². The zero-order valence-corrected chi connectivity index (χ0v) is 11.3. The lowest BCUT2D eigenvalue weighted by atomic mass is 10.1. The molecule has 1 N–H and O–H groups in total. The zero-order chi connectivity index (χ0) is 12.7. The third-order valence-corrected chi connectivity index (χ3v) is 2.99. The number of rotatable bonds is 7. The minimum Gasteiger partial charge on any atom is -0.492 e. The Kier molecular flexibility index (Phi) is 6.38. The number of hydrogen-bond acceptors (Lipinski definition) is 2. The maximum atomic E-state index is 9.41. The van der Waals surface area contributed by atoms with Crippen molar-refractivity contribution in [2.24, 2.45) is 0 Å². The molecule has 0 aliphatic rings. The first-order valence-electron chi connectivity index (χ1n) is 6.25. The number of hydrogen-bond donors (Lipinski definition) is 1. The predicted molar refractivity (Wildman–Crippen MR) is 71.7 cm³/mol. The molecular formula is C14H21ClO2. The summed E-state index contributed by atoms with van der Waals surface area (Å²) in [6.07, 6.45) is 4.23. The van der Waals surface area contributed by atoms with E-state index in [2.05, 4.69) is 6.92 Å². The summed E-state index contributed by atoms with van der Waals surface area (Å²) in [6.45, 7) is 4.61. The van der Waals surface area contributed by atoms with E-state index in [0.717, 1.165) is 12.0 Å². The van der Waals surface area contributed by atoms with Gasteiger partial charge in [0.05, 0.1) is 17.7 Å². The van der Waals surface area contributed by atoms with Crippen molar-refractivity contribution < 1.29 is 9.84 Å². The molecule has 3 heteroatoms. The zero-order valence-electron chi connectivity index (χ0n) is 10.6. The molecule has 0 radical (unpaired) electrons. The second kappa shape index (κ2) is 7.57. The molecule has 0 saturated carbocycles. The molecule has 17 heavy (non-hydrogen) atoms. The van der Waals surface area contributed by atoms with Gasteiger partial charge < -0.3 is 9.84 Å². The maximum Gasteiger partial charge on any atom is 0.137 e. The van der Waals surface area contributed by atoms with Crippen LogP contribution in [0.1, 0.15) is 51.2 Å². The molecule has 1 atom stereocenters. The van der Waals surface area contributed by atoms with Gasteiger partial charge in [-0.05, 0) is 31.0 Å². The standard InChI is InChI=1S/C14H21ClO2/c1-3-4-5-6-9-17-14-8-7-12(11(2)16)10-13(14)15/h7-8,10-11,16H,3-6,9H2,1-2H3. The van der Waals surface area contributed by atoms with Crippen LogP contribution in [-0.2, 0) is 0 Å². The molecule has 0 aliphatic carbocycles. The summed E-state index contributed by atoms with van der Waals surface area (Å²) in [5.41, 5.74) is 0.813. The summed E-state index contributed by atoms with van der Waals surface area (Å²) >= 11 is 6.08. The molecule has 1 aromatic carbocycles. The molecule has 0 amide bonds. The van der Waals surface area contributed by atoms with Crippen LogP contribution in [0.25, 0.3) is 0 Å². The van der Waals surface area contributed by atoms with Crippen LogP contribution in [0.2, 0.25) is 5.02 Å². The van der Waals surface area contributed by atoms with Crippen LogP contribution in [0.4, 0.5) is 0 Å². The first-order chi connectivity index (χ1) is 8.15. The first kappa shape index (κ1) is 14.3. The Hall–Kier alpha value is -0.730. The van der Waals surface area contributed by atoms with Crippen molar-refractivity contribution in [1.29, 1.82) is 0 Å². The van der Waals surface area contributed by atoms with Gasteiger partial charge >= 0.3 is 0 Å². The fourth-order valence-electron chi connectivity index (χ4n) is 1.60. The molecule has 1 aromatic rings. The smallest absolute Gasteiger partial charge is 0.137 e. The Labute approximate surface area is 109 Å². The van der Waals surface area contributed by atoms with E-state index < -0.39 is 6.10 Å². The van der Waals surface area contributed by atoms with E-state index in [-0.39, 0.29) is 0 Å². The quantitative estimate of drug-likeness (QED) is 0.735. The Morgan fingerprint density at radius 1 is 1.29 bits per heavy atom. The monoisotopic (exact) mass is 256 g/mol. The Bertz CT molecular complexity index is 337. The second-order valence-electron chi connectivity index (χ2n) is 4.27. The van der Waals surface area contributed by atoms with Gasteiger partial charge in [-0.25, -0.2) is 0 Å². The Morgan fingerprint density at radius 3 is 2.65 bits per heavy atom. The summed E-state index contributed by atoms with van der Waals surface area (Å²) in [5.74, 6) is 0.701. The molecule has 1 unspecified atom stereocenters. The number of ether oxygens (including phenoxy) is 1. The largest absolute Gasteiger partial charge is 0.492 e. The minimum absolute atomic E-state index is 0.494. The Morgan fingerprint density at radius 2 is 2.06 bits per heavy atom. The van der Waals surface area contributed by atoms with Crippen molar-refractivity contribution in [2.45, 2.75) is 45.6 Å². The SMILES string of the molecule is CCCCCCOc1ccc(C(C)O)cc1Cl. The van der Waals surface area contributed by atoms with Crippen LogP contribution in [-0.4, -0.2) is 11.7 Å². The average Bonchev–Trinajstić information content (AvgIpc) is 2.30. The van der Waals surface area contributed by atoms with Crippen LogP contribution in [0.5, 0.6) is 5.75 Å². The molecule has 0 aliphatic heterocycles. The van der Waals surface area contributed by atoms with Crippen LogP contribution in [0, 0.1) is 0 Å². The van der Waals surface area contributed by atoms with Crippen LogP contribution < -0.4 is 4.74 Å². The molecule has 0 saturated heterocycles. The van der Waals surface area contributed by atoms with E-state index >= 15 is 0 Å².